The largest absolute Gasteiger partial charge is 0.396 e. The van der Waals surface area contributed by atoms with Crippen LogP contribution in [0, 0.1) is 0 Å². The Balaban J connectivity index is 3.03. The molecule has 75 valence electrons. The smallest absolute Gasteiger partial charge is 0.378 e. The molecule has 0 heterocycles. The first-order valence-electron chi connectivity index (χ1n) is 4.75. The van der Waals surface area contributed by atoms with Crippen LogP contribution in [0.25, 0.3) is 0 Å². The third-order valence-electron chi connectivity index (χ3n) is 1.78. The van der Waals surface area contributed by atoms with Crippen molar-refractivity contribution >= 4 is 5.97 Å². The van der Waals surface area contributed by atoms with E-state index in [1.807, 2.05) is 0 Å². The molecular weight excluding hydrogens is 168 g/mol. The van der Waals surface area contributed by atoms with Gasteiger partial charge >= 0.3 is 5.97 Å². The fraction of sp³-hybridized carbons (Fsp3) is 0.700. The van der Waals surface area contributed by atoms with E-state index in [1.165, 1.54) is 0 Å². The van der Waals surface area contributed by atoms with Gasteiger partial charge in [0.15, 0.2) is 0 Å². The molecule has 0 aliphatic heterocycles. The molecule has 0 aliphatic carbocycles. The quantitative estimate of drug-likeness (QED) is 0.463. The van der Waals surface area contributed by atoms with Crippen LogP contribution in [0.15, 0.2) is 12.2 Å². The fourth-order valence-corrected chi connectivity index (χ4v) is 1.08. The lowest BCUT2D eigenvalue weighted by atomic mass is 10.1. The van der Waals surface area contributed by atoms with E-state index in [9.17, 15) is 9.90 Å². The highest BCUT2D eigenvalue weighted by atomic mass is 16.4. The van der Waals surface area contributed by atoms with E-state index in [1.54, 1.807) is 6.08 Å². The zero-order chi connectivity index (χ0) is 9.94. The lowest BCUT2D eigenvalue weighted by Crippen LogP contribution is -1.84. The van der Waals surface area contributed by atoms with Crippen LogP contribution in [0.1, 0.15) is 38.5 Å². The van der Waals surface area contributed by atoms with Crippen LogP contribution in [0.3, 0.4) is 0 Å². The van der Waals surface area contributed by atoms with Crippen LogP contribution in [-0.2, 0) is 9.90 Å². The Morgan fingerprint density at radius 1 is 1.08 bits per heavy atom. The molecule has 1 radical (unpaired) electrons. The molecule has 0 atom stereocenters. The maximum Gasteiger partial charge on any atom is 0.378 e. The molecule has 3 heteroatoms. The van der Waals surface area contributed by atoms with Crippen LogP contribution in [-0.4, -0.2) is 17.7 Å². The van der Waals surface area contributed by atoms with Gasteiger partial charge in [0, 0.05) is 12.7 Å². The van der Waals surface area contributed by atoms with E-state index in [0.717, 1.165) is 44.6 Å². The van der Waals surface area contributed by atoms with Crippen LogP contribution in [0.2, 0.25) is 0 Å². The van der Waals surface area contributed by atoms with Crippen LogP contribution in [0.5, 0.6) is 0 Å². The van der Waals surface area contributed by atoms with Gasteiger partial charge < -0.3 is 5.11 Å². The molecular formula is C10H17O3. The van der Waals surface area contributed by atoms with E-state index in [2.05, 4.69) is 0 Å². The lowest BCUT2D eigenvalue weighted by Gasteiger charge is -1.96. The highest BCUT2D eigenvalue weighted by Gasteiger charge is 1.90. The molecule has 13 heavy (non-hydrogen) atoms. The minimum atomic E-state index is -1.12. The molecule has 1 N–H and O–H groups in total. The SMILES string of the molecule is [O]C(=O)/C=C/CCCCCCCO. The standard InChI is InChI=1S/C10H17O3/c11-9-7-5-3-1-2-4-6-8-10(12)13/h6,8,11H,1-5,7,9H2/b8-6+. The predicted molar refractivity (Wildman–Crippen MR) is 49.6 cm³/mol. The van der Waals surface area contributed by atoms with Gasteiger partial charge in [0.25, 0.3) is 0 Å². The molecule has 0 aromatic rings. The highest BCUT2D eigenvalue weighted by molar-refractivity contribution is 5.79. The summed E-state index contributed by atoms with van der Waals surface area (Å²) in [4.78, 5) is 9.95. The molecule has 0 saturated carbocycles. The number of carbonyl (C=O) groups excluding carboxylic acids is 1. The molecule has 0 fully saturated rings. The zero-order valence-electron chi connectivity index (χ0n) is 7.87. The zero-order valence-corrected chi connectivity index (χ0v) is 7.87. The van der Waals surface area contributed by atoms with Gasteiger partial charge in [-0.3, -0.25) is 0 Å². The summed E-state index contributed by atoms with van der Waals surface area (Å²) < 4.78 is 0. The number of unbranched alkanes of at least 4 members (excludes halogenated alkanes) is 5. The van der Waals surface area contributed by atoms with Crippen molar-refractivity contribution < 1.29 is 15.0 Å². The van der Waals surface area contributed by atoms with Gasteiger partial charge in [-0.25, -0.2) is 9.90 Å². The minimum Gasteiger partial charge on any atom is -0.396 e. The molecule has 0 aromatic heterocycles. The first-order chi connectivity index (χ1) is 6.27. The number of aliphatic hydroxyl groups excluding tert-OH is 1. The Hall–Kier alpha value is -0.830. The van der Waals surface area contributed by atoms with Gasteiger partial charge in [0.2, 0.25) is 0 Å². The summed E-state index contributed by atoms with van der Waals surface area (Å²) in [6.07, 6.45) is 8.64. The summed E-state index contributed by atoms with van der Waals surface area (Å²) in [5.41, 5.74) is 0. The molecule has 0 unspecified atom stereocenters. The number of carbonyl (C=O) groups is 1. The summed E-state index contributed by atoms with van der Waals surface area (Å²) in [6.45, 7) is 0.268. The van der Waals surface area contributed by atoms with Gasteiger partial charge in [-0.1, -0.05) is 25.3 Å². The van der Waals surface area contributed by atoms with Crippen molar-refractivity contribution in [3.05, 3.63) is 12.2 Å². The second-order valence-corrected chi connectivity index (χ2v) is 3.00. The molecule has 0 amide bonds. The van der Waals surface area contributed by atoms with Gasteiger partial charge in [-0.2, -0.15) is 0 Å². The van der Waals surface area contributed by atoms with E-state index in [0.29, 0.717) is 0 Å². The Morgan fingerprint density at radius 3 is 2.31 bits per heavy atom. The third-order valence-corrected chi connectivity index (χ3v) is 1.78. The van der Waals surface area contributed by atoms with Crippen LogP contribution >= 0.6 is 0 Å². The van der Waals surface area contributed by atoms with Crippen molar-refractivity contribution in [1.29, 1.82) is 0 Å². The van der Waals surface area contributed by atoms with Crippen LogP contribution < -0.4 is 0 Å². The molecule has 0 bridgehead atoms. The molecule has 0 spiro atoms. The van der Waals surface area contributed by atoms with Crippen molar-refractivity contribution in [2.24, 2.45) is 0 Å². The fourth-order valence-electron chi connectivity index (χ4n) is 1.08. The Morgan fingerprint density at radius 2 is 1.69 bits per heavy atom. The van der Waals surface area contributed by atoms with Crippen molar-refractivity contribution in [3.8, 4) is 0 Å². The molecule has 0 rings (SSSR count). The van der Waals surface area contributed by atoms with Gasteiger partial charge in [-0.15, -0.1) is 0 Å². The molecule has 0 saturated heterocycles. The van der Waals surface area contributed by atoms with Crippen molar-refractivity contribution in [3.63, 3.8) is 0 Å². The molecule has 0 aliphatic rings. The summed E-state index contributed by atoms with van der Waals surface area (Å²) >= 11 is 0. The van der Waals surface area contributed by atoms with Crippen LogP contribution in [0.4, 0.5) is 0 Å². The second kappa shape index (κ2) is 9.26. The molecule has 0 aromatic carbocycles. The Labute approximate surface area is 79.1 Å². The normalized spacial score (nSPS) is 10.8. The number of hydrogen-bond donors (Lipinski definition) is 1. The Kier molecular flexibility index (Phi) is 8.67. The average molecular weight is 185 g/mol. The van der Waals surface area contributed by atoms with E-state index in [4.69, 9.17) is 5.11 Å². The average Bonchev–Trinajstić information content (AvgIpc) is 2.09. The second-order valence-electron chi connectivity index (χ2n) is 3.00. The van der Waals surface area contributed by atoms with Gasteiger partial charge in [-0.05, 0) is 19.3 Å². The van der Waals surface area contributed by atoms with Crippen molar-refractivity contribution in [2.45, 2.75) is 38.5 Å². The van der Waals surface area contributed by atoms with E-state index < -0.39 is 5.97 Å². The topological polar surface area (TPSA) is 57.2 Å². The maximum atomic E-state index is 9.95. The summed E-state index contributed by atoms with van der Waals surface area (Å²) in [5.74, 6) is -1.12. The van der Waals surface area contributed by atoms with Crippen molar-refractivity contribution in [2.75, 3.05) is 6.61 Å². The first-order valence-corrected chi connectivity index (χ1v) is 4.75. The van der Waals surface area contributed by atoms with E-state index >= 15 is 0 Å². The lowest BCUT2D eigenvalue weighted by molar-refractivity contribution is -0.137. The minimum absolute atomic E-state index is 0.268. The van der Waals surface area contributed by atoms with Gasteiger partial charge in [0.1, 0.15) is 0 Å². The summed E-state index contributed by atoms with van der Waals surface area (Å²) in [5, 5.41) is 18.4. The molecule has 3 nitrogen and oxygen atoms in total. The Bertz CT molecular complexity index is 152. The number of hydrogen-bond acceptors (Lipinski definition) is 2. The third kappa shape index (κ3) is 11.2. The maximum absolute atomic E-state index is 9.95. The van der Waals surface area contributed by atoms with Crippen molar-refractivity contribution in [1.82, 2.24) is 0 Å². The van der Waals surface area contributed by atoms with Gasteiger partial charge in [0.05, 0.1) is 0 Å². The van der Waals surface area contributed by atoms with E-state index in [-0.39, 0.29) is 6.61 Å². The first kappa shape index (κ1) is 12.2. The number of allylic oxidation sites excluding steroid dienone is 1. The predicted octanol–water partition coefficient (Wildman–Crippen LogP) is 1.83. The number of aliphatic hydroxyl groups is 1. The highest BCUT2D eigenvalue weighted by Crippen LogP contribution is 2.05. The summed E-state index contributed by atoms with van der Waals surface area (Å²) in [6, 6.07) is 0. The summed E-state index contributed by atoms with van der Waals surface area (Å²) in [7, 11) is 0. The number of rotatable bonds is 8. The monoisotopic (exact) mass is 185 g/mol.